The van der Waals surface area contributed by atoms with Gasteiger partial charge in [0, 0.05) is 32.1 Å². The third-order valence-electron chi connectivity index (χ3n) is 4.18. The summed E-state index contributed by atoms with van der Waals surface area (Å²) in [7, 11) is 2.19. The summed E-state index contributed by atoms with van der Waals surface area (Å²) >= 11 is 0. The van der Waals surface area contributed by atoms with Gasteiger partial charge in [0.15, 0.2) is 0 Å². The second-order valence-electron chi connectivity index (χ2n) is 5.72. The molecule has 1 N–H and O–H groups in total. The molecule has 104 valence electrons. The van der Waals surface area contributed by atoms with E-state index in [1.807, 2.05) is 4.90 Å². The van der Waals surface area contributed by atoms with Crippen LogP contribution >= 0.6 is 0 Å². The molecule has 0 spiro atoms. The number of rotatable bonds is 4. The van der Waals surface area contributed by atoms with Gasteiger partial charge in [-0.15, -0.1) is 0 Å². The number of hydrogen-bond donors (Lipinski definition) is 1. The molecule has 0 aromatic carbocycles. The number of nitrogens with zero attached hydrogens (tertiary/aromatic N) is 2. The van der Waals surface area contributed by atoms with E-state index in [-0.39, 0.29) is 0 Å². The van der Waals surface area contributed by atoms with Gasteiger partial charge in [-0.1, -0.05) is 0 Å². The second-order valence-corrected chi connectivity index (χ2v) is 5.72. The van der Waals surface area contributed by atoms with Crippen LogP contribution in [0.25, 0.3) is 0 Å². The summed E-state index contributed by atoms with van der Waals surface area (Å²) in [6, 6.07) is 0.612. The van der Waals surface area contributed by atoms with Crippen molar-refractivity contribution in [3.63, 3.8) is 0 Å². The molecule has 1 atom stereocenters. The quantitative estimate of drug-likeness (QED) is 0.814. The Kier molecular flexibility index (Phi) is 5.45. The summed E-state index contributed by atoms with van der Waals surface area (Å²) in [6.45, 7) is 5.20. The number of nitrogens with one attached hydrogen (secondary N) is 1. The molecule has 2 rings (SSSR count). The van der Waals surface area contributed by atoms with Gasteiger partial charge in [0.2, 0.25) is 5.91 Å². The summed E-state index contributed by atoms with van der Waals surface area (Å²) in [5, 5.41) is 3.56. The molecule has 1 unspecified atom stereocenters. The van der Waals surface area contributed by atoms with Crippen molar-refractivity contribution in [1.82, 2.24) is 15.1 Å². The van der Waals surface area contributed by atoms with Gasteiger partial charge in [0.25, 0.3) is 0 Å². The molecule has 0 aromatic heterocycles. The maximum Gasteiger partial charge on any atom is 0.223 e. The Labute approximate surface area is 111 Å². The van der Waals surface area contributed by atoms with E-state index in [9.17, 15) is 4.79 Å². The highest BCUT2D eigenvalue weighted by Crippen LogP contribution is 2.11. The van der Waals surface area contributed by atoms with Gasteiger partial charge in [-0.2, -0.15) is 0 Å². The van der Waals surface area contributed by atoms with Crippen LogP contribution in [-0.4, -0.2) is 61.5 Å². The predicted molar refractivity (Wildman–Crippen MR) is 73.6 cm³/mol. The van der Waals surface area contributed by atoms with Gasteiger partial charge in [-0.3, -0.25) is 4.79 Å². The lowest BCUT2D eigenvalue weighted by molar-refractivity contribution is -0.130. The van der Waals surface area contributed by atoms with Crippen LogP contribution < -0.4 is 5.32 Å². The third-order valence-corrected chi connectivity index (χ3v) is 4.18. The van der Waals surface area contributed by atoms with Crippen molar-refractivity contribution in [2.24, 2.45) is 0 Å². The average Bonchev–Trinajstić information content (AvgIpc) is 2.81. The Morgan fingerprint density at radius 1 is 1.11 bits per heavy atom. The molecule has 2 saturated heterocycles. The minimum absolute atomic E-state index is 0.339. The minimum Gasteiger partial charge on any atom is -0.343 e. The van der Waals surface area contributed by atoms with E-state index in [1.54, 1.807) is 0 Å². The Balaban J connectivity index is 1.60. The van der Waals surface area contributed by atoms with Crippen molar-refractivity contribution in [2.75, 3.05) is 39.8 Å². The fourth-order valence-corrected chi connectivity index (χ4v) is 2.95. The standard InChI is InChI=1S/C14H27N3O/c1-16-9-4-5-13(7-12-16)15-8-6-14(18)17-10-2-3-11-17/h13,15H,2-12H2,1H3. The van der Waals surface area contributed by atoms with Gasteiger partial charge < -0.3 is 15.1 Å². The van der Waals surface area contributed by atoms with Gasteiger partial charge in [-0.05, 0) is 52.2 Å². The molecule has 4 heteroatoms. The second kappa shape index (κ2) is 7.10. The monoisotopic (exact) mass is 253 g/mol. The third kappa shape index (κ3) is 4.25. The van der Waals surface area contributed by atoms with Crippen LogP contribution in [0.2, 0.25) is 0 Å². The number of amides is 1. The van der Waals surface area contributed by atoms with Gasteiger partial charge in [-0.25, -0.2) is 0 Å². The number of carbonyl (C=O) groups is 1. The molecule has 1 amide bonds. The van der Waals surface area contributed by atoms with Gasteiger partial charge in [0.1, 0.15) is 0 Å². The van der Waals surface area contributed by atoms with Crippen molar-refractivity contribution < 1.29 is 4.79 Å². The first-order chi connectivity index (χ1) is 8.75. The molecule has 2 heterocycles. The Bertz CT molecular complexity index is 264. The van der Waals surface area contributed by atoms with Crippen LogP contribution in [0.5, 0.6) is 0 Å². The first-order valence-electron chi connectivity index (χ1n) is 7.45. The maximum absolute atomic E-state index is 11.9. The van der Waals surface area contributed by atoms with Crippen LogP contribution in [-0.2, 0) is 4.79 Å². The molecule has 18 heavy (non-hydrogen) atoms. The van der Waals surface area contributed by atoms with E-state index in [0.29, 0.717) is 18.4 Å². The predicted octanol–water partition coefficient (Wildman–Crippen LogP) is 1.07. The molecule has 0 radical (unpaired) electrons. The average molecular weight is 253 g/mol. The first-order valence-corrected chi connectivity index (χ1v) is 7.45. The van der Waals surface area contributed by atoms with E-state index in [0.717, 1.165) is 19.6 Å². The molecule has 0 aliphatic carbocycles. The molecule has 0 bridgehead atoms. The fourth-order valence-electron chi connectivity index (χ4n) is 2.95. The summed E-state index contributed by atoms with van der Waals surface area (Å²) in [6.07, 6.45) is 6.79. The zero-order valence-electron chi connectivity index (χ0n) is 11.7. The van der Waals surface area contributed by atoms with Crippen LogP contribution in [0.15, 0.2) is 0 Å². The lowest BCUT2D eigenvalue weighted by Crippen LogP contribution is -2.35. The highest BCUT2D eigenvalue weighted by Gasteiger charge is 2.18. The van der Waals surface area contributed by atoms with Crippen molar-refractivity contribution in [3.8, 4) is 0 Å². The van der Waals surface area contributed by atoms with E-state index in [2.05, 4.69) is 17.3 Å². The SMILES string of the molecule is CN1CCCC(NCCC(=O)N2CCCC2)CC1. The molecule has 2 aliphatic rings. The van der Waals surface area contributed by atoms with Crippen molar-refractivity contribution in [2.45, 2.75) is 44.6 Å². The minimum atomic E-state index is 0.339. The van der Waals surface area contributed by atoms with Crippen LogP contribution in [0.3, 0.4) is 0 Å². The van der Waals surface area contributed by atoms with E-state index in [1.165, 1.54) is 45.2 Å². The zero-order chi connectivity index (χ0) is 12.8. The molecule has 0 aromatic rings. The van der Waals surface area contributed by atoms with Crippen LogP contribution in [0.4, 0.5) is 0 Å². The summed E-state index contributed by atoms with van der Waals surface area (Å²) in [5.41, 5.74) is 0. The largest absolute Gasteiger partial charge is 0.343 e. The normalized spacial score (nSPS) is 26.3. The molecule has 2 aliphatic heterocycles. The summed E-state index contributed by atoms with van der Waals surface area (Å²) in [5.74, 6) is 0.339. The van der Waals surface area contributed by atoms with Crippen molar-refractivity contribution in [1.29, 1.82) is 0 Å². The summed E-state index contributed by atoms with van der Waals surface area (Å²) < 4.78 is 0. The molecule has 0 saturated carbocycles. The Morgan fingerprint density at radius 3 is 2.67 bits per heavy atom. The fraction of sp³-hybridized carbons (Fsp3) is 0.929. The summed E-state index contributed by atoms with van der Waals surface area (Å²) in [4.78, 5) is 16.3. The lowest BCUT2D eigenvalue weighted by Gasteiger charge is -2.19. The molecule has 2 fully saturated rings. The van der Waals surface area contributed by atoms with Gasteiger partial charge >= 0.3 is 0 Å². The number of likely N-dealkylation sites (tertiary alicyclic amines) is 2. The zero-order valence-corrected chi connectivity index (χ0v) is 11.7. The number of carbonyl (C=O) groups excluding carboxylic acids is 1. The lowest BCUT2D eigenvalue weighted by atomic mass is 10.1. The topological polar surface area (TPSA) is 35.6 Å². The highest BCUT2D eigenvalue weighted by molar-refractivity contribution is 5.76. The highest BCUT2D eigenvalue weighted by atomic mass is 16.2. The smallest absolute Gasteiger partial charge is 0.223 e. The molecular weight excluding hydrogens is 226 g/mol. The van der Waals surface area contributed by atoms with Gasteiger partial charge in [0.05, 0.1) is 0 Å². The van der Waals surface area contributed by atoms with Crippen LogP contribution in [0.1, 0.15) is 38.5 Å². The number of hydrogen-bond acceptors (Lipinski definition) is 3. The molecular formula is C14H27N3O. The first kappa shape index (κ1) is 13.8. The Morgan fingerprint density at radius 2 is 1.89 bits per heavy atom. The maximum atomic E-state index is 11.9. The van der Waals surface area contributed by atoms with E-state index >= 15 is 0 Å². The molecule has 4 nitrogen and oxygen atoms in total. The van der Waals surface area contributed by atoms with Crippen molar-refractivity contribution in [3.05, 3.63) is 0 Å². The van der Waals surface area contributed by atoms with E-state index < -0.39 is 0 Å². The Hall–Kier alpha value is -0.610. The van der Waals surface area contributed by atoms with Crippen molar-refractivity contribution >= 4 is 5.91 Å². The van der Waals surface area contributed by atoms with Crippen LogP contribution in [0, 0.1) is 0 Å². The van der Waals surface area contributed by atoms with E-state index in [4.69, 9.17) is 0 Å².